The number of carboxylic acid groups (broad SMARTS) is 1. The van der Waals surface area contributed by atoms with Crippen molar-refractivity contribution in [2.24, 2.45) is 11.8 Å². The second-order valence-corrected chi connectivity index (χ2v) is 10.8. The van der Waals surface area contributed by atoms with E-state index in [1.165, 1.54) is 31.0 Å². The summed E-state index contributed by atoms with van der Waals surface area (Å²) >= 11 is 0. The summed E-state index contributed by atoms with van der Waals surface area (Å²) in [6.45, 7) is 3.49. The van der Waals surface area contributed by atoms with Gasteiger partial charge in [-0.05, 0) is 91.9 Å². The first-order valence-electron chi connectivity index (χ1n) is 11.9. The molecule has 0 amide bonds. The van der Waals surface area contributed by atoms with Crippen LogP contribution in [-0.2, 0) is 10.9 Å². The first kappa shape index (κ1) is 21.9. The van der Waals surface area contributed by atoms with E-state index in [4.69, 9.17) is 4.74 Å². The van der Waals surface area contributed by atoms with Crippen molar-refractivity contribution >= 4 is 28.2 Å². The molecule has 7 nitrogen and oxygen atoms in total. The van der Waals surface area contributed by atoms with Gasteiger partial charge in [0.25, 0.3) is 0 Å². The number of likely N-dealkylation sites (tertiary alicyclic amines) is 1. The van der Waals surface area contributed by atoms with Gasteiger partial charge in [0.15, 0.2) is 0 Å². The third kappa shape index (κ3) is 3.75. The lowest BCUT2D eigenvalue weighted by Gasteiger charge is -2.26. The predicted molar refractivity (Wildman–Crippen MR) is 125 cm³/mol. The lowest BCUT2D eigenvalue weighted by molar-refractivity contribution is 0.0692. The van der Waals surface area contributed by atoms with Gasteiger partial charge >= 0.3 is 5.97 Å². The van der Waals surface area contributed by atoms with Crippen LogP contribution in [0.1, 0.15) is 59.0 Å². The third-order valence-electron chi connectivity index (χ3n) is 7.77. The molecule has 2 aliphatic heterocycles. The van der Waals surface area contributed by atoms with Gasteiger partial charge in [-0.1, -0.05) is 6.07 Å². The van der Waals surface area contributed by atoms with Gasteiger partial charge in [-0.3, -0.25) is 0 Å². The number of benzene rings is 2. The summed E-state index contributed by atoms with van der Waals surface area (Å²) in [6.07, 6.45) is 4.19. The normalized spacial score (nSPS) is 27.1. The largest absolute Gasteiger partial charge is 0.492 e. The van der Waals surface area contributed by atoms with E-state index in [2.05, 4.69) is 4.90 Å². The molecule has 2 aromatic carbocycles. The minimum absolute atomic E-state index is 0.0334. The fraction of sp³-hybridized carbons (Fsp3) is 0.480. The highest BCUT2D eigenvalue weighted by molar-refractivity contribution is 7.74. The summed E-state index contributed by atoms with van der Waals surface area (Å²) < 4.78 is 46.3. The lowest BCUT2D eigenvalue weighted by atomic mass is 9.99. The second kappa shape index (κ2) is 8.23. The van der Waals surface area contributed by atoms with Gasteiger partial charge < -0.3 is 14.7 Å². The molecular weight excluding hydrogens is 459 g/mol. The Morgan fingerprint density at radius 1 is 1.09 bits per heavy atom. The fourth-order valence-electron chi connectivity index (χ4n) is 5.87. The van der Waals surface area contributed by atoms with Gasteiger partial charge in [0, 0.05) is 12.5 Å². The van der Waals surface area contributed by atoms with Crippen molar-refractivity contribution in [1.82, 2.24) is 4.90 Å². The fourth-order valence-corrected chi connectivity index (χ4v) is 6.57. The first-order chi connectivity index (χ1) is 16.4. The number of aromatic carboxylic acids is 1. The molecule has 0 bridgehead atoms. The minimum Gasteiger partial charge on any atom is -0.492 e. The average molecular weight is 487 g/mol. The molecule has 2 saturated carbocycles. The molecule has 3 fully saturated rings. The van der Waals surface area contributed by atoms with Gasteiger partial charge in [-0.15, -0.1) is 0 Å². The molecule has 0 aromatic heterocycles. The van der Waals surface area contributed by atoms with E-state index in [0.717, 1.165) is 42.3 Å². The van der Waals surface area contributed by atoms with Crippen molar-refractivity contribution in [3.05, 3.63) is 52.8 Å². The zero-order valence-corrected chi connectivity index (χ0v) is 19.5. The molecule has 2 aromatic rings. The Hall–Kier alpha value is -2.65. The van der Waals surface area contributed by atoms with E-state index in [9.17, 15) is 22.7 Å². The van der Waals surface area contributed by atoms with Crippen LogP contribution < -0.4 is 9.04 Å². The standard InChI is InChI=1S/C25H27FN2O5S/c26-16-3-5-21(20(11-16)18-9-14(18)12-27-7-1-2-8-27)28(34(31)32)22-6-4-17-19-10-15(19)13-33-24(17)23(22)25(29)30/h3-6,11,14-15,18-19,34H,1-2,7-10,12-13H2,(H,29,30)/t14?,15-,18?,19-/m0/s1. The highest BCUT2D eigenvalue weighted by Gasteiger charge is 2.46. The summed E-state index contributed by atoms with van der Waals surface area (Å²) in [4.78, 5) is 14.7. The number of carbonyl (C=O) groups is 1. The number of ether oxygens (including phenoxy) is 1. The molecule has 0 radical (unpaired) electrons. The van der Waals surface area contributed by atoms with Crippen LogP contribution in [0.5, 0.6) is 5.75 Å². The van der Waals surface area contributed by atoms with Crippen LogP contribution in [0.2, 0.25) is 0 Å². The summed E-state index contributed by atoms with van der Waals surface area (Å²) in [5.41, 5.74) is 1.63. The number of hydrogen-bond donors (Lipinski definition) is 2. The van der Waals surface area contributed by atoms with Gasteiger partial charge in [0.05, 0.1) is 18.0 Å². The van der Waals surface area contributed by atoms with E-state index in [1.54, 1.807) is 12.1 Å². The Bertz CT molecular complexity index is 1230. The Balaban J connectivity index is 1.41. The molecule has 180 valence electrons. The van der Waals surface area contributed by atoms with Crippen LogP contribution in [0.4, 0.5) is 15.8 Å². The Kier molecular flexibility index (Phi) is 5.29. The molecule has 2 heterocycles. The third-order valence-corrected chi connectivity index (χ3v) is 8.52. The summed E-state index contributed by atoms with van der Waals surface area (Å²) in [6, 6.07) is 7.42. The van der Waals surface area contributed by atoms with E-state index < -0.39 is 22.7 Å². The van der Waals surface area contributed by atoms with Crippen molar-refractivity contribution < 1.29 is 27.4 Å². The topological polar surface area (TPSA) is 87.2 Å². The van der Waals surface area contributed by atoms with Crippen molar-refractivity contribution in [2.45, 2.75) is 37.5 Å². The Labute approximate surface area is 199 Å². The van der Waals surface area contributed by atoms with Gasteiger partial charge in [-0.2, -0.15) is 0 Å². The quantitative estimate of drug-likeness (QED) is 0.578. The molecule has 4 atom stereocenters. The van der Waals surface area contributed by atoms with Crippen LogP contribution in [-0.4, -0.2) is 50.6 Å². The Morgan fingerprint density at radius 3 is 2.59 bits per heavy atom. The highest BCUT2D eigenvalue weighted by atomic mass is 32.2. The second-order valence-electron chi connectivity index (χ2n) is 9.96. The smallest absolute Gasteiger partial charge is 0.341 e. The summed E-state index contributed by atoms with van der Waals surface area (Å²) in [5.74, 6) is -0.371. The average Bonchev–Trinajstić information content (AvgIpc) is 3.70. The van der Waals surface area contributed by atoms with E-state index in [1.807, 2.05) is 0 Å². The summed E-state index contributed by atoms with van der Waals surface area (Å²) in [5, 5.41) is 10.1. The maximum atomic E-state index is 14.3. The van der Waals surface area contributed by atoms with Crippen molar-refractivity contribution in [1.29, 1.82) is 0 Å². The maximum absolute atomic E-state index is 14.3. The Morgan fingerprint density at radius 2 is 1.85 bits per heavy atom. The van der Waals surface area contributed by atoms with Gasteiger partial charge in [0.1, 0.15) is 17.1 Å². The molecule has 2 aliphatic carbocycles. The maximum Gasteiger partial charge on any atom is 0.341 e. The van der Waals surface area contributed by atoms with E-state index >= 15 is 0 Å². The lowest BCUT2D eigenvalue weighted by Crippen LogP contribution is -2.23. The molecule has 1 N–H and O–H groups in total. The molecular formula is C25H27FN2O5S. The number of anilines is 2. The van der Waals surface area contributed by atoms with Crippen LogP contribution in [0.25, 0.3) is 0 Å². The van der Waals surface area contributed by atoms with Crippen molar-refractivity contribution in [3.63, 3.8) is 0 Å². The molecule has 0 spiro atoms. The number of rotatable bonds is 7. The SMILES string of the molecule is O=C(O)c1c(N(c2ccc(F)cc2C2CC2CN2CCCC2)[SH](=O)=O)ccc2c1OC[C@@H]1C[C@H]21. The van der Waals surface area contributed by atoms with Crippen LogP contribution in [0, 0.1) is 17.7 Å². The van der Waals surface area contributed by atoms with E-state index in [0.29, 0.717) is 29.7 Å². The van der Waals surface area contributed by atoms with Crippen LogP contribution in [0.15, 0.2) is 30.3 Å². The zero-order chi connectivity index (χ0) is 23.6. The van der Waals surface area contributed by atoms with E-state index in [-0.39, 0.29) is 28.8 Å². The molecule has 1 saturated heterocycles. The van der Waals surface area contributed by atoms with Gasteiger partial charge in [0.2, 0.25) is 10.9 Å². The predicted octanol–water partition coefficient (Wildman–Crippen LogP) is 3.88. The number of nitrogens with zero attached hydrogens (tertiary/aromatic N) is 2. The number of halogens is 1. The van der Waals surface area contributed by atoms with Crippen molar-refractivity contribution in [3.8, 4) is 5.75 Å². The molecule has 2 unspecified atom stereocenters. The van der Waals surface area contributed by atoms with Gasteiger partial charge in [-0.25, -0.2) is 21.9 Å². The van der Waals surface area contributed by atoms with Crippen LogP contribution >= 0.6 is 0 Å². The number of thiol groups is 1. The first-order valence-corrected chi connectivity index (χ1v) is 13.0. The molecule has 34 heavy (non-hydrogen) atoms. The number of fused-ring (bicyclic) bond motifs is 3. The van der Waals surface area contributed by atoms with Crippen LogP contribution in [0.3, 0.4) is 0 Å². The number of hydrogen-bond acceptors (Lipinski definition) is 5. The number of carboxylic acids is 1. The molecule has 4 aliphatic rings. The molecule has 6 rings (SSSR count). The van der Waals surface area contributed by atoms with Crippen molar-refractivity contribution in [2.75, 3.05) is 30.5 Å². The minimum atomic E-state index is -3.24. The summed E-state index contributed by atoms with van der Waals surface area (Å²) in [7, 11) is -3.24. The molecule has 9 heteroatoms. The zero-order valence-electron chi connectivity index (χ0n) is 18.7. The highest BCUT2D eigenvalue weighted by Crippen LogP contribution is 2.56. The monoisotopic (exact) mass is 486 g/mol.